The summed E-state index contributed by atoms with van der Waals surface area (Å²) in [5, 5.41) is 11.9. The first-order valence-corrected chi connectivity index (χ1v) is 7.57. The van der Waals surface area contributed by atoms with Crippen LogP contribution in [-0.2, 0) is 9.59 Å². The monoisotopic (exact) mass is 389 g/mol. The van der Waals surface area contributed by atoms with Crippen LogP contribution < -0.4 is 5.32 Å². The number of hydrogen-bond acceptors (Lipinski definition) is 2. The number of carbonyl (C=O) groups is 2. The van der Waals surface area contributed by atoms with E-state index in [0.717, 1.165) is 15.4 Å². The molecule has 0 bridgehead atoms. The van der Waals surface area contributed by atoms with Crippen LogP contribution in [0.2, 0.25) is 0 Å². The molecule has 1 aliphatic carbocycles. The van der Waals surface area contributed by atoms with Crippen molar-refractivity contribution in [2.45, 2.75) is 19.3 Å². The maximum absolute atomic E-state index is 12.2. The fourth-order valence-electron chi connectivity index (χ4n) is 2.40. The van der Waals surface area contributed by atoms with Gasteiger partial charge in [0.25, 0.3) is 0 Å². The van der Waals surface area contributed by atoms with E-state index in [1.807, 2.05) is 18.2 Å². The van der Waals surface area contributed by atoms with Crippen molar-refractivity contribution in [3.8, 4) is 0 Å². The average Bonchev–Trinajstić information content (AvgIpc) is 2.83. The van der Waals surface area contributed by atoms with Crippen LogP contribution in [0.1, 0.15) is 19.3 Å². The molecule has 2 N–H and O–H groups in total. The molecule has 1 fully saturated rings. The van der Waals surface area contributed by atoms with Crippen molar-refractivity contribution in [3.63, 3.8) is 0 Å². The fourth-order valence-corrected chi connectivity index (χ4v) is 3.60. The molecule has 102 valence electrons. The van der Waals surface area contributed by atoms with Crippen LogP contribution in [0.25, 0.3) is 0 Å². The van der Waals surface area contributed by atoms with Gasteiger partial charge in [0.1, 0.15) is 0 Å². The number of rotatable bonds is 3. The number of nitrogens with one attached hydrogen (secondary N) is 1. The Morgan fingerprint density at radius 1 is 1.16 bits per heavy atom. The van der Waals surface area contributed by atoms with Crippen LogP contribution >= 0.6 is 31.9 Å². The molecule has 1 aromatic rings. The van der Waals surface area contributed by atoms with Gasteiger partial charge in [-0.2, -0.15) is 0 Å². The highest BCUT2D eigenvalue weighted by Crippen LogP contribution is 2.35. The molecule has 1 saturated carbocycles. The number of carbonyl (C=O) groups excluding carboxylic acids is 1. The molecule has 19 heavy (non-hydrogen) atoms. The standard InChI is InChI=1S/C13H13Br2NO3/c14-9-5-2-6-10(15)11(9)16-12(17)7-3-1-4-8(7)13(18)19/h2,5-8H,1,3-4H2,(H,16,17)(H,18,19). The van der Waals surface area contributed by atoms with Crippen LogP contribution in [0, 0.1) is 11.8 Å². The van der Waals surface area contributed by atoms with E-state index in [4.69, 9.17) is 5.11 Å². The van der Waals surface area contributed by atoms with Gasteiger partial charge in [-0.05, 0) is 56.8 Å². The van der Waals surface area contributed by atoms with Gasteiger partial charge in [0.05, 0.1) is 17.5 Å². The minimum Gasteiger partial charge on any atom is -0.481 e. The Labute approximate surface area is 127 Å². The van der Waals surface area contributed by atoms with Crippen molar-refractivity contribution in [2.75, 3.05) is 5.32 Å². The maximum atomic E-state index is 12.2. The van der Waals surface area contributed by atoms with E-state index in [1.165, 1.54) is 0 Å². The van der Waals surface area contributed by atoms with Gasteiger partial charge in [0.2, 0.25) is 5.91 Å². The van der Waals surface area contributed by atoms with Gasteiger partial charge in [-0.15, -0.1) is 0 Å². The van der Waals surface area contributed by atoms with Crippen molar-refractivity contribution in [2.24, 2.45) is 11.8 Å². The second-order valence-electron chi connectivity index (χ2n) is 4.57. The number of benzene rings is 1. The van der Waals surface area contributed by atoms with Crippen LogP contribution in [0.3, 0.4) is 0 Å². The molecule has 2 unspecified atom stereocenters. The summed E-state index contributed by atoms with van der Waals surface area (Å²) in [5.74, 6) is -2.13. The molecule has 0 heterocycles. The molecule has 0 aliphatic heterocycles. The number of hydrogen-bond donors (Lipinski definition) is 2. The van der Waals surface area contributed by atoms with Gasteiger partial charge >= 0.3 is 5.97 Å². The van der Waals surface area contributed by atoms with Gasteiger partial charge < -0.3 is 10.4 Å². The Balaban J connectivity index is 2.15. The largest absolute Gasteiger partial charge is 0.481 e. The number of carboxylic acid groups (broad SMARTS) is 1. The molecule has 1 aliphatic rings. The Kier molecular flexibility index (Phi) is 4.62. The Morgan fingerprint density at radius 2 is 1.74 bits per heavy atom. The minimum absolute atomic E-state index is 0.225. The zero-order chi connectivity index (χ0) is 14.0. The highest BCUT2D eigenvalue weighted by atomic mass is 79.9. The zero-order valence-electron chi connectivity index (χ0n) is 10.0. The normalized spacial score (nSPS) is 22.2. The molecule has 0 saturated heterocycles. The molecule has 6 heteroatoms. The van der Waals surface area contributed by atoms with Crippen molar-refractivity contribution in [1.82, 2.24) is 0 Å². The summed E-state index contributed by atoms with van der Waals surface area (Å²) >= 11 is 6.73. The lowest BCUT2D eigenvalue weighted by Crippen LogP contribution is -2.30. The van der Waals surface area contributed by atoms with E-state index in [1.54, 1.807) is 0 Å². The molecule has 2 rings (SSSR count). The lowest BCUT2D eigenvalue weighted by atomic mass is 9.95. The van der Waals surface area contributed by atoms with Gasteiger partial charge in [0, 0.05) is 8.95 Å². The summed E-state index contributed by atoms with van der Waals surface area (Å²) in [6.07, 6.45) is 1.99. The number of para-hydroxylation sites is 1. The first-order chi connectivity index (χ1) is 9.00. The first kappa shape index (κ1) is 14.5. The van der Waals surface area contributed by atoms with E-state index in [-0.39, 0.29) is 5.91 Å². The lowest BCUT2D eigenvalue weighted by Gasteiger charge is -2.17. The summed E-state index contributed by atoms with van der Waals surface area (Å²) in [6, 6.07) is 5.49. The third-order valence-electron chi connectivity index (χ3n) is 3.38. The summed E-state index contributed by atoms with van der Waals surface area (Å²) in [4.78, 5) is 23.3. The van der Waals surface area contributed by atoms with Crippen molar-refractivity contribution >= 4 is 49.4 Å². The van der Waals surface area contributed by atoms with E-state index >= 15 is 0 Å². The predicted octanol–water partition coefficient (Wildman–Crippen LogP) is 3.65. The zero-order valence-corrected chi connectivity index (χ0v) is 13.2. The molecule has 0 spiro atoms. The number of carboxylic acids is 1. The third kappa shape index (κ3) is 3.17. The predicted molar refractivity (Wildman–Crippen MR) is 78.9 cm³/mol. The minimum atomic E-state index is -0.885. The van der Waals surface area contributed by atoms with Gasteiger partial charge in [-0.3, -0.25) is 9.59 Å². The third-order valence-corrected chi connectivity index (χ3v) is 4.70. The van der Waals surface area contributed by atoms with Crippen LogP contribution in [0.5, 0.6) is 0 Å². The molecule has 0 radical (unpaired) electrons. The molecule has 1 aromatic carbocycles. The SMILES string of the molecule is O=C(O)C1CCCC1C(=O)Nc1c(Br)cccc1Br. The van der Waals surface area contributed by atoms with Gasteiger partial charge in [-0.25, -0.2) is 0 Å². The number of anilines is 1. The smallest absolute Gasteiger partial charge is 0.307 e. The number of amides is 1. The lowest BCUT2D eigenvalue weighted by molar-refractivity contribution is -0.145. The van der Waals surface area contributed by atoms with Gasteiger partial charge in [0.15, 0.2) is 0 Å². The molecule has 2 atom stereocenters. The Morgan fingerprint density at radius 3 is 2.32 bits per heavy atom. The Bertz CT molecular complexity index is 498. The first-order valence-electron chi connectivity index (χ1n) is 5.98. The molecular formula is C13H13Br2NO3. The maximum Gasteiger partial charge on any atom is 0.307 e. The molecular weight excluding hydrogens is 378 g/mol. The van der Waals surface area contributed by atoms with E-state index in [0.29, 0.717) is 18.5 Å². The summed E-state index contributed by atoms with van der Waals surface area (Å²) in [6.45, 7) is 0. The average molecular weight is 391 g/mol. The second kappa shape index (κ2) is 6.05. The van der Waals surface area contributed by atoms with Crippen LogP contribution in [-0.4, -0.2) is 17.0 Å². The van der Waals surface area contributed by atoms with Crippen molar-refractivity contribution < 1.29 is 14.7 Å². The number of halogens is 2. The van der Waals surface area contributed by atoms with Crippen molar-refractivity contribution in [3.05, 3.63) is 27.1 Å². The fraction of sp³-hybridized carbons (Fsp3) is 0.385. The van der Waals surface area contributed by atoms with E-state index in [9.17, 15) is 9.59 Å². The van der Waals surface area contributed by atoms with Crippen molar-refractivity contribution in [1.29, 1.82) is 0 Å². The summed E-state index contributed by atoms with van der Waals surface area (Å²) < 4.78 is 1.53. The molecule has 1 amide bonds. The Hall–Kier alpha value is -0.880. The van der Waals surface area contributed by atoms with E-state index in [2.05, 4.69) is 37.2 Å². The second-order valence-corrected chi connectivity index (χ2v) is 6.28. The molecule has 0 aromatic heterocycles. The van der Waals surface area contributed by atoms with Gasteiger partial charge in [-0.1, -0.05) is 12.5 Å². The highest BCUT2D eigenvalue weighted by molar-refractivity contribution is 9.11. The number of aliphatic carboxylic acids is 1. The van der Waals surface area contributed by atoms with Crippen LogP contribution in [0.15, 0.2) is 27.1 Å². The van der Waals surface area contributed by atoms with Crippen LogP contribution in [0.4, 0.5) is 5.69 Å². The summed E-state index contributed by atoms with van der Waals surface area (Å²) in [5.41, 5.74) is 0.642. The topological polar surface area (TPSA) is 66.4 Å². The molecule has 4 nitrogen and oxygen atoms in total. The van der Waals surface area contributed by atoms with E-state index < -0.39 is 17.8 Å². The quantitative estimate of drug-likeness (QED) is 0.827. The highest BCUT2D eigenvalue weighted by Gasteiger charge is 2.37. The summed E-state index contributed by atoms with van der Waals surface area (Å²) in [7, 11) is 0.